The third kappa shape index (κ3) is 4.01. The smallest absolute Gasteiger partial charge is 0.244 e. The zero-order valence-electron chi connectivity index (χ0n) is 12.2. The summed E-state index contributed by atoms with van der Waals surface area (Å²) in [6.45, 7) is 8.53. The molecule has 1 N–H and O–H groups in total. The van der Waals surface area contributed by atoms with E-state index in [1.807, 2.05) is 4.90 Å². The summed E-state index contributed by atoms with van der Waals surface area (Å²) in [5.74, 6) is 0.0780. The van der Waals surface area contributed by atoms with Gasteiger partial charge in [0.1, 0.15) is 6.54 Å². The van der Waals surface area contributed by atoms with Crippen LogP contribution in [-0.2, 0) is 17.8 Å². The normalized spacial score (nSPS) is 18.2. The zero-order chi connectivity index (χ0) is 14.5. The number of aliphatic hydroxyl groups is 1. The summed E-state index contributed by atoms with van der Waals surface area (Å²) in [5.41, 5.74) is 0.712. The zero-order valence-corrected chi connectivity index (χ0v) is 12.2. The van der Waals surface area contributed by atoms with Crippen LogP contribution < -0.4 is 0 Å². The number of hydrogen-bond donors (Lipinski definition) is 1. The van der Waals surface area contributed by atoms with Crippen LogP contribution in [-0.4, -0.2) is 74.6 Å². The molecule has 1 aromatic heterocycles. The monoisotopic (exact) mass is 281 g/mol. The van der Waals surface area contributed by atoms with Crippen molar-refractivity contribution in [3.8, 4) is 0 Å². The maximum absolute atomic E-state index is 12.2. The van der Waals surface area contributed by atoms with Crippen molar-refractivity contribution < 1.29 is 9.90 Å². The minimum atomic E-state index is -0.446. The SMILES string of the molecule is CCN1CCN(C(=O)Cn2cc(CC(C)O)nn2)CC1. The number of amides is 1. The molecule has 20 heavy (non-hydrogen) atoms. The molecule has 1 atom stereocenters. The van der Waals surface area contributed by atoms with Gasteiger partial charge in [-0.2, -0.15) is 0 Å². The number of nitrogens with zero attached hydrogens (tertiary/aromatic N) is 5. The third-order valence-electron chi connectivity index (χ3n) is 3.56. The van der Waals surface area contributed by atoms with E-state index in [0.717, 1.165) is 32.7 Å². The average Bonchev–Trinajstić information content (AvgIpc) is 2.85. The quantitative estimate of drug-likeness (QED) is 0.777. The molecule has 1 aromatic rings. The maximum Gasteiger partial charge on any atom is 0.244 e. The molecule has 0 aromatic carbocycles. The van der Waals surface area contributed by atoms with Crippen LogP contribution >= 0.6 is 0 Å². The van der Waals surface area contributed by atoms with Crippen molar-refractivity contribution in [1.82, 2.24) is 24.8 Å². The van der Waals surface area contributed by atoms with Crippen molar-refractivity contribution in [3.05, 3.63) is 11.9 Å². The molecule has 0 spiro atoms. The Hall–Kier alpha value is -1.47. The Balaban J connectivity index is 1.84. The van der Waals surface area contributed by atoms with Crippen LogP contribution in [0.1, 0.15) is 19.5 Å². The molecule has 112 valence electrons. The topological polar surface area (TPSA) is 74.5 Å². The summed E-state index contributed by atoms with van der Waals surface area (Å²) in [6.07, 6.45) is 1.74. The Kier molecular flexibility index (Phi) is 5.08. The fourth-order valence-electron chi connectivity index (χ4n) is 2.36. The highest BCUT2D eigenvalue weighted by Gasteiger charge is 2.20. The van der Waals surface area contributed by atoms with E-state index < -0.39 is 6.10 Å². The second kappa shape index (κ2) is 6.81. The van der Waals surface area contributed by atoms with Crippen molar-refractivity contribution in [2.75, 3.05) is 32.7 Å². The molecule has 1 aliphatic rings. The number of piperazine rings is 1. The van der Waals surface area contributed by atoms with Gasteiger partial charge in [-0.3, -0.25) is 4.79 Å². The predicted octanol–water partition coefficient (Wildman–Crippen LogP) is -0.634. The van der Waals surface area contributed by atoms with E-state index in [2.05, 4.69) is 22.1 Å². The van der Waals surface area contributed by atoms with E-state index in [0.29, 0.717) is 12.1 Å². The molecule has 7 nitrogen and oxygen atoms in total. The molecule has 1 fully saturated rings. The molecule has 1 unspecified atom stereocenters. The lowest BCUT2D eigenvalue weighted by molar-refractivity contribution is -0.133. The van der Waals surface area contributed by atoms with Gasteiger partial charge in [-0.1, -0.05) is 12.1 Å². The Morgan fingerprint density at radius 3 is 2.70 bits per heavy atom. The first-order valence-electron chi connectivity index (χ1n) is 7.15. The number of aromatic nitrogens is 3. The van der Waals surface area contributed by atoms with Gasteiger partial charge < -0.3 is 14.9 Å². The van der Waals surface area contributed by atoms with Crippen molar-refractivity contribution in [1.29, 1.82) is 0 Å². The van der Waals surface area contributed by atoms with E-state index in [1.165, 1.54) is 0 Å². The van der Waals surface area contributed by atoms with Crippen molar-refractivity contribution >= 4 is 5.91 Å². The molecule has 0 saturated carbocycles. The van der Waals surface area contributed by atoms with Crippen LogP contribution in [0, 0.1) is 0 Å². The number of carbonyl (C=O) groups excluding carboxylic acids is 1. The first-order valence-corrected chi connectivity index (χ1v) is 7.15. The molecular formula is C13H23N5O2. The van der Waals surface area contributed by atoms with Crippen molar-refractivity contribution in [2.45, 2.75) is 32.9 Å². The first-order chi connectivity index (χ1) is 9.58. The fraction of sp³-hybridized carbons (Fsp3) is 0.769. The number of hydrogen-bond acceptors (Lipinski definition) is 5. The van der Waals surface area contributed by atoms with E-state index in [4.69, 9.17) is 0 Å². The Morgan fingerprint density at radius 1 is 1.40 bits per heavy atom. The van der Waals surface area contributed by atoms with Gasteiger partial charge in [0, 0.05) is 38.8 Å². The van der Waals surface area contributed by atoms with Gasteiger partial charge in [-0.25, -0.2) is 4.68 Å². The minimum Gasteiger partial charge on any atom is -0.393 e. The van der Waals surface area contributed by atoms with Gasteiger partial charge >= 0.3 is 0 Å². The van der Waals surface area contributed by atoms with Crippen LogP contribution in [0.5, 0.6) is 0 Å². The molecular weight excluding hydrogens is 258 g/mol. The van der Waals surface area contributed by atoms with Crippen LogP contribution in [0.2, 0.25) is 0 Å². The van der Waals surface area contributed by atoms with Crippen molar-refractivity contribution in [2.24, 2.45) is 0 Å². The maximum atomic E-state index is 12.2. The summed E-state index contributed by atoms with van der Waals surface area (Å²) in [7, 11) is 0. The molecule has 2 heterocycles. The molecule has 0 aliphatic carbocycles. The molecule has 1 aliphatic heterocycles. The summed E-state index contributed by atoms with van der Waals surface area (Å²) in [5, 5.41) is 17.2. The molecule has 1 saturated heterocycles. The fourth-order valence-corrected chi connectivity index (χ4v) is 2.36. The van der Waals surface area contributed by atoms with Crippen LogP contribution in [0.25, 0.3) is 0 Å². The Bertz CT molecular complexity index is 438. The van der Waals surface area contributed by atoms with E-state index >= 15 is 0 Å². The number of likely N-dealkylation sites (N-methyl/N-ethyl adjacent to an activating group) is 1. The van der Waals surface area contributed by atoms with Crippen LogP contribution in [0.15, 0.2) is 6.20 Å². The number of rotatable bonds is 5. The van der Waals surface area contributed by atoms with E-state index in [9.17, 15) is 9.90 Å². The lowest BCUT2D eigenvalue weighted by Crippen LogP contribution is -2.49. The summed E-state index contributed by atoms with van der Waals surface area (Å²) in [6, 6.07) is 0. The van der Waals surface area contributed by atoms with Gasteiger partial charge in [-0.05, 0) is 13.5 Å². The highest BCUT2D eigenvalue weighted by molar-refractivity contribution is 5.76. The average molecular weight is 281 g/mol. The summed E-state index contributed by atoms with van der Waals surface area (Å²) < 4.78 is 1.55. The van der Waals surface area contributed by atoms with E-state index in [1.54, 1.807) is 17.8 Å². The van der Waals surface area contributed by atoms with E-state index in [-0.39, 0.29) is 12.5 Å². The molecule has 7 heteroatoms. The number of aliphatic hydroxyl groups excluding tert-OH is 1. The highest BCUT2D eigenvalue weighted by Crippen LogP contribution is 2.04. The standard InChI is InChI=1S/C13H23N5O2/c1-3-16-4-6-17(7-5-16)13(20)10-18-9-12(14-15-18)8-11(2)19/h9,11,19H,3-8,10H2,1-2H3. The van der Waals surface area contributed by atoms with Gasteiger partial charge in [0.05, 0.1) is 11.8 Å². The summed E-state index contributed by atoms with van der Waals surface area (Å²) in [4.78, 5) is 16.4. The molecule has 1 amide bonds. The second-order valence-electron chi connectivity index (χ2n) is 5.28. The lowest BCUT2D eigenvalue weighted by Gasteiger charge is -2.33. The largest absolute Gasteiger partial charge is 0.393 e. The Morgan fingerprint density at radius 2 is 2.10 bits per heavy atom. The van der Waals surface area contributed by atoms with Gasteiger partial charge in [0.25, 0.3) is 0 Å². The highest BCUT2D eigenvalue weighted by atomic mass is 16.3. The summed E-state index contributed by atoms with van der Waals surface area (Å²) >= 11 is 0. The predicted molar refractivity (Wildman–Crippen MR) is 74.1 cm³/mol. The number of carbonyl (C=O) groups is 1. The first kappa shape index (κ1) is 14.9. The van der Waals surface area contributed by atoms with Crippen molar-refractivity contribution in [3.63, 3.8) is 0 Å². The molecule has 2 rings (SSSR count). The molecule has 0 bridgehead atoms. The van der Waals surface area contributed by atoms with Gasteiger partial charge in [-0.15, -0.1) is 5.10 Å². The van der Waals surface area contributed by atoms with Gasteiger partial charge in [0.15, 0.2) is 0 Å². The lowest BCUT2D eigenvalue weighted by atomic mass is 10.2. The second-order valence-corrected chi connectivity index (χ2v) is 5.28. The van der Waals surface area contributed by atoms with Crippen LogP contribution in [0.3, 0.4) is 0 Å². The van der Waals surface area contributed by atoms with Gasteiger partial charge in [0.2, 0.25) is 5.91 Å². The minimum absolute atomic E-state index is 0.0780. The van der Waals surface area contributed by atoms with Crippen LogP contribution in [0.4, 0.5) is 0 Å². The third-order valence-corrected chi connectivity index (χ3v) is 3.56. The molecule has 0 radical (unpaired) electrons. The Labute approximate surface area is 119 Å².